The van der Waals surface area contributed by atoms with E-state index in [1.54, 1.807) is 0 Å². The van der Waals surface area contributed by atoms with Crippen molar-refractivity contribution in [2.75, 3.05) is 0 Å². The van der Waals surface area contributed by atoms with E-state index in [4.69, 9.17) is 5.73 Å². The van der Waals surface area contributed by atoms with E-state index < -0.39 is 0 Å². The quantitative estimate of drug-likeness (QED) is 0.722. The third kappa shape index (κ3) is 1.94. The lowest BCUT2D eigenvalue weighted by molar-refractivity contribution is -0.119. The van der Waals surface area contributed by atoms with Crippen LogP contribution >= 0.6 is 0 Å². The van der Waals surface area contributed by atoms with Crippen molar-refractivity contribution < 1.29 is 4.79 Å². The summed E-state index contributed by atoms with van der Waals surface area (Å²) in [5, 5.41) is 0. The van der Waals surface area contributed by atoms with Crippen molar-refractivity contribution in [2.24, 2.45) is 23.0 Å². The van der Waals surface area contributed by atoms with Crippen LogP contribution in [0, 0.1) is 17.3 Å². The molecule has 0 aromatic rings. The molecule has 0 radical (unpaired) electrons. The second-order valence-electron chi connectivity index (χ2n) is 5.63. The zero-order chi connectivity index (χ0) is 10.2. The Morgan fingerprint density at radius 3 is 2.36 bits per heavy atom. The lowest BCUT2D eigenvalue weighted by atomic mass is 9.55. The van der Waals surface area contributed by atoms with Crippen molar-refractivity contribution in [1.29, 1.82) is 0 Å². The highest BCUT2D eigenvalue weighted by Crippen LogP contribution is 2.55. The van der Waals surface area contributed by atoms with Crippen LogP contribution < -0.4 is 5.73 Å². The second-order valence-corrected chi connectivity index (χ2v) is 5.63. The predicted octanol–water partition coefficient (Wildman–Crippen LogP) is 2.47. The Morgan fingerprint density at radius 1 is 1.36 bits per heavy atom. The van der Waals surface area contributed by atoms with Gasteiger partial charge in [-0.2, -0.15) is 0 Å². The number of primary amides is 1. The van der Waals surface area contributed by atoms with Crippen LogP contribution in [0.2, 0.25) is 0 Å². The molecule has 0 aromatic carbocycles. The van der Waals surface area contributed by atoms with Crippen molar-refractivity contribution in [3.8, 4) is 0 Å². The third-order valence-corrected chi connectivity index (χ3v) is 4.22. The first-order valence-electron chi connectivity index (χ1n) is 5.88. The van der Waals surface area contributed by atoms with Crippen LogP contribution in [-0.2, 0) is 4.79 Å². The normalized spacial score (nSPS) is 42.1. The van der Waals surface area contributed by atoms with Crippen molar-refractivity contribution in [1.82, 2.24) is 0 Å². The number of amides is 1. The maximum absolute atomic E-state index is 10.8. The lowest BCUT2D eigenvalue weighted by Crippen LogP contribution is -2.39. The van der Waals surface area contributed by atoms with Gasteiger partial charge in [0.1, 0.15) is 0 Å². The van der Waals surface area contributed by atoms with Crippen LogP contribution in [0.15, 0.2) is 0 Å². The highest BCUT2D eigenvalue weighted by atomic mass is 16.1. The first kappa shape index (κ1) is 10.0. The number of rotatable bonds is 2. The molecule has 80 valence electrons. The number of hydrogen-bond acceptors (Lipinski definition) is 1. The number of carbonyl (C=O) groups is 1. The molecule has 2 saturated carbocycles. The van der Waals surface area contributed by atoms with Crippen LogP contribution in [0.3, 0.4) is 0 Å². The largest absolute Gasteiger partial charge is 0.370 e. The molecule has 1 amide bonds. The molecule has 0 bridgehead atoms. The van der Waals surface area contributed by atoms with Crippen molar-refractivity contribution >= 4 is 5.91 Å². The van der Waals surface area contributed by atoms with Crippen LogP contribution in [0.5, 0.6) is 0 Å². The van der Waals surface area contributed by atoms with E-state index in [9.17, 15) is 4.79 Å². The molecule has 0 saturated heterocycles. The molecule has 2 rings (SSSR count). The first-order chi connectivity index (χ1) is 6.60. The second kappa shape index (κ2) is 3.56. The molecule has 2 aliphatic carbocycles. The van der Waals surface area contributed by atoms with Crippen LogP contribution in [0.4, 0.5) is 0 Å². The highest BCUT2D eigenvalue weighted by molar-refractivity contribution is 5.73. The monoisotopic (exact) mass is 195 g/mol. The van der Waals surface area contributed by atoms with E-state index >= 15 is 0 Å². The lowest BCUT2D eigenvalue weighted by Gasteiger charge is -2.50. The van der Waals surface area contributed by atoms with Gasteiger partial charge in [0.05, 0.1) is 0 Å². The highest BCUT2D eigenvalue weighted by Gasteiger charge is 2.43. The Kier molecular flexibility index (Phi) is 2.54. The van der Waals surface area contributed by atoms with Gasteiger partial charge in [-0.3, -0.25) is 4.79 Å². The van der Waals surface area contributed by atoms with E-state index in [2.05, 4.69) is 6.92 Å². The van der Waals surface area contributed by atoms with Crippen molar-refractivity contribution in [3.63, 3.8) is 0 Å². The molecule has 0 atom stereocenters. The molecule has 2 nitrogen and oxygen atoms in total. The smallest absolute Gasteiger partial charge is 0.217 e. The Hall–Kier alpha value is -0.530. The van der Waals surface area contributed by atoms with E-state index in [0.29, 0.717) is 17.8 Å². The Labute approximate surface area is 86.2 Å². The average Bonchev–Trinajstić information content (AvgIpc) is 2.05. The molecule has 0 unspecified atom stereocenters. The fourth-order valence-electron chi connectivity index (χ4n) is 3.61. The molecule has 0 aliphatic heterocycles. The maximum atomic E-state index is 10.8. The Bertz CT molecular complexity index is 220. The summed E-state index contributed by atoms with van der Waals surface area (Å²) in [7, 11) is 0. The van der Waals surface area contributed by atoms with Crippen molar-refractivity contribution in [2.45, 2.75) is 51.9 Å². The standard InChI is InChI=1S/C12H21NO/c1-9-7-12(8-9)4-2-10(3-5-12)6-11(13)14/h9-10H,2-8H2,1H3,(H2,13,14). The van der Waals surface area contributed by atoms with E-state index in [-0.39, 0.29) is 5.91 Å². The Morgan fingerprint density at radius 2 is 1.93 bits per heavy atom. The molecule has 0 heterocycles. The van der Waals surface area contributed by atoms with Crippen LogP contribution in [0.25, 0.3) is 0 Å². The molecule has 2 N–H and O–H groups in total. The minimum absolute atomic E-state index is 0.118. The van der Waals surface area contributed by atoms with Gasteiger partial charge in [0, 0.05) is 6.42 Å². The van der Waals surface area contributed by atoms with E-state index in [1.807, 2.05) is 0 Å². The maximum Gasteiger partial charge on any atom is 0.217 e. The van der Waals surface area contributed by atoms with Gasteiger partial charge in [-0.15, -0.1) is 0 Å². The van der Waals surface area contributed by atoms with Gasteiger partial charge >= 0.3 is 0 Å². The minimum atomic E-state index is -0.118. The molecule has 1 spiro atoms. The number of nitrogens with two attached hydrogens (primary N) is 1. The molecule has 2 aliphatic rings. The molecular formula is C12H21NO. The van der Waals surface area contributed by atoms with Gasteiger partial charge in [0.15, 0.2) is 0 Å². The predicted molar refractivity (Wildman–Crippen MR) is 56.6 cm³/mol. The molecule has 0 aromatic heterocycles. The SMILES string of the molecule is CC1CC2(CCC(CC(N)=O)CC2)C1. The zero-order valence-electron chi connectivity index (χ0n) is 9.09. The zero-order valence-corrected chi connectivity index (χ0v) is 9.09. The Balaban J connectivity index is 1.78. The fourth-order valence-corrected chi connectivity index (χ4v) is 3.61. The van der Waals surface area contributed by atoms with Crippen molar-refractivity contribution in [3.05, 3.63) is 0 Å². The summed E-state index contributed by atoms with van der Waals surface area (Å²) in [4.78, 5) is 10.8. The summed E-state index contributed by atoms with van der Waals surface area (Å²) in [5.41, 5.74) is 5.91. The first-order valence-corrected chi connectivity index (χ1v) is 5.88. The summed E-state index contributed by atoms with van der Waals surface area (Å²) >= 11 is 0. The van der Waals surface area contributed by atoms with Crippen LogP contribution in [0.1, 0.15) is 51.9 Å². The van der Waals surface area contributed by atoms with Gasteiger partial charge in [-0.05, 0) is 55.8 Å². The number of carbonyl (C=O) groups excluding carboxylic acids is 1. The summed E-state index contributed by atoms with van der Waals surface area (Å²) < 4.78 is 0. The van der Waals surface area contributed by atoms with Gasteiger partial charge < -0.3 is 5.73 Å². The summed E-state index contributed by atoms with van der Waals surface area (Å²) in [6.07, 6.45) is 8.62. The van der Waals surface area contributed by atoms with Gasteiger partial charge in [-0.25, -0.2) is 0 Å². The van der Waals surface area contributed by atoms with Crippen LogP contribution in [-0.4, -0.2) is 5.91 Å². The third-order valence-electron chi connectivity index (χ3n) is 4.22. The molecule has 14 heavy (non-hydrogen) atoms. The molecular weight excluding hydrogens is 174 g/mol. The number of hydrogen-bond donors (Lipinski definition) is 1. The average molecular weight is 195 g/mol. The van der Waals surface area contributed by atoms with Gasteiger partial charge in [-0.1, -0.05) is 6.92 Å². The fraction of sp³-hybridized carbons (Fsp3) is 0.917. The topological polar surface area (TPSA) is 43.1 Å². The van der Waals surface area contributed by atoms with Gasteiger partial charge in [0.25, 0.3) is 0 Å². The minimum Gasteiger partial charge on any atom is -0.370 e. The summed E-state index contributed by atoms with van der Waals surface area (Å²) in [5.74, 6) is 1.42. The van der Waals surface area contributed by atoms with E-state index in [0.717, 1.165) is 5.92 Å². The van der Waals surface area contributed by atoms with Gasteiger partial charge in [0.2, 0.25) is 5.91 Å². The summed E-state index contributed by atoms with van der Waals surface area (Å²) in [6.45, 7) is 2.35. The summed E-state index contributed by atoms with van der Waals surface area (Å²) in [6, 6.07) is 0. The molecule has 2 heteroatoms. The molecule has 2 fully saturated rings. The van der Waals surface area contributed by atoms with E-state index in [1.165, 1.54) is 38.5 Å².